The normalized spacial score (nSPS) is 25.3. The van der Waals surface area contributed by atoms with Gasteiger partial charge in [0.05, 0.1) is 5.37 Å². The van der Waals surface area contributed by atoms with Gasteiger partial charge in [-0.2, -0.15) is 11.8 Å². The van der Waals surface area contributed by atoms with E-state index in [4.69, 9.17) is 0 Å². The van der Waals surface area contributed by atoms with Gasteiger partial charge in [-0.25, -0.2) is 0 Å². The molecule has 0 spiro atoms. The predicted molar refractivity (Wildman–Crippen MR) is 53.3 cm³/mol. The zero-order valence-corrected chi connectivity index (χ0v) is 7.90. The highest BCUT2D eigenvalue weighted by Crippen LogP contribution is 2.32. The fourth-order valence-electron chi connectivity index (χ4n) is 1.19. The van der Waals surface area contributed by atoms with Crippen LogP contribution < -0.4 is 0 Å². The quantitative estimate of drug-likeness (QED) is 0.662. The number of aromatic nitrogens is 1. The second-order valence-electron chi connectivity index (χ2n) is 2.53. The van der Waals surface area contributed by atoms with E-state index >= 15 is 0 Å². The molecule has 0 saturated carbocycles. The van der Waals surface area contributed by atoms with Crippen molar-refractivity contribution in [3.05, 3.63) is 24.5 Å². The summed E-state index contributed by atoms with van der Waals surface area (Å²) in [5.74, 6) is 3.88. The lowest BCUT2D eigenvalue weighted by atomic mass is 10.7. The Hall–Kier alpha value is -0.0200. The van der Waals surface area contributed by atoms with Gasteiger partial charge in [-0.05, 0) is 12.1 Å². The molecule has 1 aliphatic rings. The van der Waals surface area contributed by atoms with Crippen LogP contribution in [-0.2, 0) is 0 Å². The van der Waals surface area contributed by atoms with Crippen LogP contribution in [0.2, 0.25) is 0 Å². The standard InChI is InChI=1S/C8H11NS2/c1-2-4-9(3-1)8-7-10-5-6-11-8/h1-4,8H,5-7H2. The van der Waals surface area contributed by atoms with Gasteiger partial charge in [-0.15, -0.1) is 11.8 Å². The third-order valence-electron chi connectivity index (χ3n) is 1.76. The molecule has 2 heterocycles. The summed E-state index contributed by atoms with van der Waals surface area (Å²) in [6.07, 6.45) is 4.31. The average Bonchev–Trinajstić information content (AvgIpc) is 2.58. The van der Waals surface area contributed by atoms with Gasteiger partial charge in [0.1, 0.15) is 0 Å². The van der Waals surface area contributed by atoms with E-state index in [9.17, 15) is 0 Å². The Morgan fingerprint density at radius 1 is 1.18 bits per heavy atom. The molecule has 0 aliphatic carbocycles. The average molecular weight is 185 g/mol. The minimum Gasteiger partial charge on any atom is -0.341 e. The van der Waals surface area contributed by atoms with E-state index in [1.807, 2.05) is 0 Å². The molecule has 1 unspecified atom stereocenters. The highest BCUT2D eigenvalue weighted by molar-refractivity contribution is 8.06. The molecule has 0 amide bonds. The van der Waals surface area contributed by atoms with Gasteiger partial charge in [-0.3, -0.25) is 0 Å². The summed E-state index contributed by atoms with van der Waals surface area (Å²) < 4.78 is 2.30. The van der Waals surface area contributed by atoms with Crippen molar-refractivity contribution >= 4 is 23.5 Å². The number of nitrogens with zero attached hydrogens (tertiary/aromatic N) is 1. The molecular weight excluding hydrogens is 174 g/mol. The van der Waals surface area contributed by atoms with Gasteiger partial charge in [0, 0.05) is 29.7 Å². The maximum Gasteiger partial charge on any atom is 0.0878 e. The molecule has 0 aromatic carbocycles. The Bertz CT molecular complexity index is 202. The molecule has 0 N–H and O–H groups in total. The van der Waals surface area contributed by atoms with E-state index in [-0.39, 0.29) is 0 Å². The first kappa shape index (κ1) is 7.62. The molecule has 3 heteroatoms. The number of hydrogen-bond acceptors (Lipinski definition) is 2. The topological polar surface area (TPSA) is 4.93 Å². The lowest BCUT2D eigenvalue weighted by Gasteiger charge is -2.22. The molecule has 60 valence electrons. The van der Waals surface area contributed by atoms with E-state index < -0.39 is 0 Å². The van der Waals surface area contributed by atoms with Crippen molar-refractivity contribution in [2.45, 2.75) is 5.37 Å². The molecule has 2 rings (SSSR count). The maximum absolute atomic E-state index is 2.30. The van der Waals surface area contributed by atoms with Gasteiger partial charge in [0.15, 0.2) is 0 Å². The first-order chi connectivity index (χ1) is 5.47. The third kappa shape index (κ3) is 1.76. The van der Waals surface area contributed by atoms with Crippen molar-refractivity contribution in [2.24, 2.45) is 0 Å². The van der Waals surface area contributed by atoms with Crippen molar-refractivity contribution in [3.63, 3.8) is 0 Å². The Labute approximate surface area is 75.6 Å². The van der Waals surface area contributed by atoms with Crippen LogP contribution in [-0.4, -0.2) is 21.8 Å². The fourth-order valence-corrected chi connectivity index (χ4v) is 3.84. The van der Waals surface area contributed by atoms with Crippen molar-refractivity contribution in [2.75, 3.05) is 17.3 Å². The summed E-state index contributed by atoms with van der Waals surface area (Å²) in [6, 6.07) is 4.19. The number of thioether (sulfide) groups is 2. The molecule has 1 atom stereocenters. The second kappa shape index (κ2) is 3.59. The Morgan fingerprint density at radius 3 is 2.64 bits per heavy atom. The zero-order chi connectivity index (χ0) is 7.52. The summed E-state index contributed by atoms with van der Waals surface area (Å²) in [7, 11) is 0. The van der Waals surface area contributed by atoms with Gasteiger partial charge < -0.3 is 4.57 Å². The molecule has 0 radical (unpaired) electrons. The number of hydrogen-bond donors (Lipinski definition) is 0. The summed E-state index contributed by atoms with van der Waals surface area (Å²) in [5.41, 5.74) is 0. The summed E-state index contributed by atoms with van der Waals surface area (Å²) >= 11 is 4.12. The van der Waals surface area contributed by atoms with Crippen LogP contribution in [0.15, 0.2) is 24.5 Å². The summed E-state index contributed by atoms with van der Waals surface area (Å²) in [4.78, 5) is 0. The summed E-state index contributed by atoms with van der Waals surface area (Å²) in [6.45, 7) is 0. The van der Waals surface area contributed by atoms with Crippen molar-refractivity contribution < 1.29 is 0 Å². The van der Waals surface area contributed by atoms with E-state index in [0.717, 1.165) is 0 Å². The molecule has 1 nitrogen and oxygen atoms in total. The molecule has 1 saturated heterocycles. The molecule has 0 bridgehead atoms. The smallest absolute Gasteiger partial charge is 0.0878 e. The summed E-state index contributed by atoms with van der Waals surface area (Å²) in [5, 5.41) is 0.684. The Morgan fingerprint density at radius 2 is 2.00 bits per heavy atom. The first-order valence-electron chi connectivity index (χ1n) is 3.78. The lowest BCUT2D eigenvalue weighted by Crippen LogP contribution is -2.11. The zero-order valence-electron chi connectivity index (χ0n) is 6.27. The van der Waals surface area contributed by atoms with Crippen LogP contribution in [0.1, 0.15) is 5.37 Å². The Balaban J connectivity index is 2.04. The number of rotatable bonds is 1. The first-order valence-corrected chi connectivity index (χ1v) is 5.99. The largest absolute Gasteiger partial charge is 0.341 e. The predicted octanol–water partition coefficient (Wildman–Crippen LogP) is 2.47. The minimum absolute atomic E-state index is 0.684. The van der Waals surface area contributed by atoms with E-state index in [1.54, 1.807) is 0 Å². The molecule has 11 heavy (non-hydrogen) atoms. The van der Waals surface area contributed by atoms with Gasteiger partial charge in [0.25, 0.3) is 0 Å². The highest BCUT2D eigenvalue weighted by Gasteiger charge is 2.14. The van der Waals surface area contributed by atoms with Crippen LogP contribution in [0, 0.1) is 0 Å². The maximum atomic E-state index is 2.30. The third-order valence-corrected chi connectivity index (χ3v) is 4.51. The molecule has 1 aromatic heterocycles. The van der Waals surface area contributed by atoms with E-state index in [1.165, 1.54) is 17.3 Å². The SMILES string of the molecule is c1ccn(C2CSCCS2)c1. The Kier molecular flexibility index (Phi) is 2.48. The van der Waals surface area contributed by atoms with E-state index in [2.05, 4.69) is 52.6 Å². The van der Waals surface area contributed by atoms with Crippen LogP contribution >= 0.6 is 23.5 Å². The second-order valence-corrected chi connectivity index (χ2v) is 4.97. The van der Waals surface area contributed by atoms with Crippen LogP contribution in [0.25, 0.3) is 0 Å². The monoisotopic (exact) mass is 185 g/mol. The molecule has 1 aliphatic heterocycles. The lowest BCUT2D eigenvalue weighted by molar-refractivity contribution is 0.752. The van der Waals surface area contributed by atoms with Crippen molar-refractivity contribution in [3.8, 4) is 0 Å². The van der Waals surface area contributed by atoms with Crippen LogP contribution in [0.3, 0.4) is 0 Å². The fraction of sp³-hybridized carbons (Fsp3) is 0.500. The highest BCUT2D eigenvalue weighted by atomic mass is 32.2. The van der Waals surface area contributed by atoms with Crippen molar-refractivity contribution in [1.29, 1.82) is 0 Å². The van der Waals surface area contributed by atoms with E-state index in [0.29, 0.717) is 5.37 Å². The van der Waals surface area contributed by atoms with Crippen LogP contribution in [0.4, 0.5) is 0 Å². The molecular formula is C8H11NS2. The molecule has 1 aromatic rings. The molecule has 1 fully saturated rings. The van der Waals surface area contributed by atoms with Gasteiger partial charge in [-0.1, -0.05) is 0 Å². The van der Waals surface area contributed by atoms with Gasteiger partial charge in [0.2, 0.25) is 0 Å². The van der Waals surface area contributed by atoms with Crippen LogP contribution in [0.5, 0.6) is 0 Å². The minimum atomic E-state index is 0.684. The van der Waals surface area contributed by atoms with Crippen molar-refractivity contribution in [1.82, 2.24) is 4.57 Å². The van der Waals surface area contributed by atoms with Gasteiger partial charge >= 0.3 is 0 Å².